The number of nitrogens with zero attached hydrogens (tertiary/aromatic N) is 3. The van der Waals surface area contributed by atoms with Crippen molar-refractivity contribution < 1.29 is 4.79 Å². The minimum Gasteiger partial charge on any atom is -0.347 e. The molecular formula is C16H21N5O. The Hall–Kier alpha value is -2.21. The van der Waals surface area contributed by atoms with Crippen LogP contribution in [0.5, 0.6) is 0 Å². The largest absolute Gasteiger partial charge is 0.347 e. The molecule has 0 fully saturated rings. The molecular weight excluding hydrogens is 278 g/mol. The van der Waals surface area contributed by atoms with E-state index in [1.807, 2.05) is 30.3 Å². The Morgan fingerprint density at radius 1 is 1.32 bits per heavy atom. The van der Waals surface area contributed by atoms with E-state index >= 15 is 0 Å². The highest BCUT2D eigenvalue weighted by atomic mass is 16.2. The first kappa shape index (κ1) is 14.7. The monoisotopic (exact) mass is 299 g/mol. The SMILES string of the molecule is CC(N)(C(=O)NCc1nnc2n1CCCC2)c1ccccc1. The Bertz CT molecular complexity index is 662. The Labute approximate surface area is 129 Å². The number of benzene rings is 1. The molecule has 1 atom stereocenters. The standard InChI is InChI=1S/C16H21N5O/c1-16(17,12-7-3-2-4-8-12)15(22)18-11-14-20-19-13-9-5-6-10-21(13)14/h2-4,7-8H,5-6,9-11,17H2,1H3,(H,18,22). The summed E-state index contributed by atoms with van der Waals surface area (Å²) < 4.78 is 2.10. The number of aromatic nitrogens is 3. The molecule has 1 aromatic carbocycles. The minimum atomic E-state index is -1.06. The Kier molecular flexibility index (Phi) is 3.94. The molecule has 2 aromatic rings. The summed E-state index contributed by atoms with van der Waals surface area (Å²) >= 11 is 0. The van der Waals surface area contributed by atoms with E-state index in [4.69, 9.17) is 5.73 Å². The van der Waals surface area contributed by atoms with Gasteiger partial charge in [-0.15, -0.1) is 10.2 Å². The van der Waals surface area contributed by atoms with Gasteiger partial charge in [0.25, 0.3) is 0 Å². The number of amides is 1. The maximum absolute atomic E-state index is 12.4. The maximum Gasteiger partial charge on any atom is 0.244 e. The van der Waals surface area contributed by atoms with E-state index in [1.165, 1.54) is 0 Å². The summed E-state index contributed by atoms with van der Waals surface area (Å²) in [6.07, 6.45) is 3.24. The number of hydrogen-bond donors (Lipinski definition) is 2. The molecule has 3 N–H and O–H groups in total. The number of nitrogens with one attached hydrogen (secondary N) is 1. The van der Waals surface area contributed by atoms with Crippen molar-refractivity contribution in [3.8, 4) is 0 Å². The van der Waals surface area contributed by atoms with Crippen molar-refractivity contribution >= 4 is 5.91 Å². The first-order chi connectivity index (χ1) is 10.6. The third kappa shape index (κ3) is 2.74. The fourth-order valence-electron chi connectivity index (χ4n) is 2.76. The summed E-state index contributed by atoms with van der Waals surface area (Å²) in [6.45, 7) is 2.99. The molecule has 0 saturated carbocycles. The number of rotatable bonds is 4. The van der Waals surface area contributed by atoms with Gasteiger partial charge in [0.05, 0.1) is 6.54 Å². The fraction of sp³-hybridized carbons (Fsp3) is 0.438. The van der Waals surface area contributed by atoms with Crippen LogP contribution in [-0.2, 0) is 29.8 Å². The van der Waals surface area contributed by atoms with Crippen molar-refractivity contribution in [1.82, 2.24) is 20.1 Å². The van der Waals surface area contributed by atoms with E-state index in [0.29, 0.717) is 6.54 Å². The number of hydrogen-bond acceptors (Lipinski definition) is 4. The van der Waals surface area contributed by atoms with Crippen LogP contribution in [0.4, 0.5) is 0 Å². The third-order valence-corrected chi connectivity index (χ3v) is 4.19. The van der Waals surface area contributed by atoms with Gasteiger partial charge in [-0.3, -0.25) is 4.79 Å². The van der Waals surface area contributed by atoms with Crippen LogP contribution in [0, 0.1) is 0 Å². The van der Waals surface area contributed by atoms with Crippen molar-refractivity contribution in [3.63, 3.8) is 0 Å². The molecule has 0 bridgehead atoms. The topological polar surface area (TPSA) is 85.8 Å². The van der Waals surface area contributed by atoms with Gasteiger partial charge in [0.2, 0.25) is 5.91 Å². The number of fused-ring (bicyclic) bond motifs is 1. The van der Waals surface area contributed by atoms with Crippen LogP contribution in [0.15, 0.2) is 30.3 Å². The summed E-state index contributed by atoms with van der Waals surface area (Å²) in [4.78, 5) is 12.4. The number of carbonyl (C=O) groups is 1. The lowest BCUT2D eigenvalue weighted by Gasteiger charge is -2.24. The fourth-order valence-corrected chi connectivity index (χ4v) is 2.76. The molecule has 22 heavy (non-hydrogen) atoms. The molecule has 1 unspecified atom stereocenters. The van der Waals surface area contributed by atoms with Crippen molar-refractivity contribution in [3.05, 3.63) is 47.5 Å². The highest BCUT2D eigenvalue weighted by molar-refractivity contribution is 5.86. The van der Waals surface area contributed by atoms with E-state index < -0.39 is 5.54 Å². The second-order valence-electron chi connectivity index (χ2n) is 5.89. The molecule has 1 amide bonds. The molecule has 2 heterocycles. The van der Waals surface area contributed by atoms with Crippen molar-refractivity contribution in [2.75, 3.05) is 0 Å². The molecule has 1 aliphatic rings. The number of nitrogens with two attached hydrogens (primary N) is 1. The van der Waals surface area contributed by atoms with Crippen LogP contribution in [0.1, 0.15) is 37.0 Å². The smallest absolute Gasteiger partial charge is 0.244 e. The molecule has 6 nitrogen and oxygen atoms in total. The van der Waals surface area contributed by atoms with Crippen LogP contribution in [0.3, 0.4) is 0 Å². The maximum atomic E-state index is 12.4. The first-order valence-corrected chi connectivity index (χ1v) is 7.62. The van der Waals surface area contributed by atoms with Gasteiger partial charge in [0, 0.05) is 13.0 Å². The lowest BCUT2D eigenvalue weighted by Crippen LogP contribution is -2.48. The summed E-state index contributed by atoms with van der Waals surface area (Å²) in [6, 6.07) is 9.38. The Balaban J connectivity index is 1.69. The first-order valence-electron chi connectivity index (χ1n) is 7.62. The van der Waals surface area contributed by atoms with Gasteiger partial charge in [-0.05, 0) is 25.3 Å². The zero-order valence-electron chi connectivity index (χ0n) is 12.7. The highest BCUT2D eigenvalue weighted by Crippen LogP contribution is 2.18. The summed E-state index contributed by atoms with van der Waals surface area (Å²) in [5.74, 6) is 1.59. The Morgan fingerprint density at radius 3 is 2.86 bits per heavy atom. The van der Waals surface area contributed by atoms with Crippen molar-refractivity contribution in [2.24, 2.45) is 5.73 Å². The normalized spacial score (nSPS) is 16.6. The van der Waals surface area contributed by atoms with Gasteiger partial charge in [-0.1, -0.05) is 30.3 Å². The molecule has 0 spiro atoms. The summed E-state index contributed by atoms with van der Waals surface area (Å²) in [5.41, 5.74) is 5.93. The highest BCUT2D eigenvalue weighted by Gasteiger charge is 2.30. The van der Waals surface area contributed by atoms with Crippen LogP contribution in [0.25, 0.3) is 0 Å². The van der Waals surface area contributed by atoms with Crippen LogP contribution in [-0.4, -0.2) is 20.7 Å². The molecule has 0 saturated heterocycles. The molecule has 6 heteroatoms. The molecule has 0 aliphatic carbocycles. The molecule has 0 radical (unpaired) electrons. The Morgan fingerprint density at radius 2 is 2.09 bits per heavy atom. The predicted octanol–water partition coefficient (Wildman–Crippen LogP) is 1.10. The zero-order valence-corrected chi connectivity index (χ0v) is 12.7. The molecule has 3 rings (SSSR count). The van der Waals surface area contributed by atoms with Crippen molar-refractivity contribution in [2.45, 2.75) is 44.8 Å². The van der Waals surface area contributed by atoms with E-state index in [9.17, 15) is 4.79 Å². The van der Waals surface area contributed by atoms with Crippen molar-refractivity contribution in [1.29, 1.82) is 0 Å². The van der Waals surface area contributed by atoms with Gasteiger partial charge in [0.15, 0.2) is 5.82 Å². The van der Waals surface area contributed by atoms with Gasteiger partial charge in [-0.2, -0.15) is 0 Å². The number of carbonyl (C=O) groups excluding carboxylic acids is 1. The average molecular weight is 299 g/mol. The minimum absolute atomic E-state index is 0.216. The second-order valence-corrected chi connectivity index (χ2v) is 5.89. The van der Waals surface area contributed by atoms with Gasteiger partial charge in [0.1, 0.15) is 11.4 Å². The van der Waals surface area contributed by atoms with Gasteiger partial charge < -0.3 is 15.6 Å². The van der Waals surface area contributed by atoms with E-state index in [0.717, 1.165) is 43.0 Å². The molecule has 1 aliphatic heterocycles. The van der Waals surface area contributed by atoms with E-state index in [1.54, 1.807) is 6.92 Å². The van der Waals surface area contributed by atoms with Crippen LogP contribution < -0.4 is 11.1 Å². The van der Waals surface area contributed by atoms with Crippen LogP contribution >= 0.6 is 0 Å². The summed E-state index contributed by atoms with van der Waals surface area (Å²) in [5, 5.41) is 11.3. The lowest BCUT2D eigenvalue weighted by atomic mass is 9.92. The van der Waals surface area contributed by atoms with Gasteiger partial charge >= 0.3 is 0 Å². The zero-order chi connectivity index (χ0) is 15.6. The van der Waals surface area contributed by atoms with Crippen LogP contribution in [0.2, 0.25) is 0 Å². The molecule has 116 valence electrons. The predicted molar refractivity (Wildman–Crippen MR) is 82.8 cm³/mol. The quantitative estimate of drug-likeness (QED) is 0.885. The number of aryl methyl sites for hydroxylation is 1. The van der Waals surface area contributed by atoms with Gasteiger partial charge in [-0.25, -0.2) is 0 Å². The average Bonchev–Trinajstić information content (AvgIpc) is 2.96. The molecule has 1 aromatic heterocycles. The summed E-state index contributed by atoms with van der Waals surface area (Å²) in [7, 11) is 0. The third-order valence-electron chi connectivity index (χ3n) is 4.19. The van der Waals surface area contributed by atoms with E-state index in [2.05, 4.69) is 20.1 Å². The van der Waals surface area contributed by atoms with E-state index in [-0.39, 0.29) is 5.91 Å². The second kappa shape index (κ2) is 5.88. The lowest BCUT2D eigenvalue weighted by molar-refractivity contribution is -0.126.